The van der Waals surface area contributed by atoms with Gasteiger partial charge >= 0.3 is 0 Å². The van der Waals surface area contributed by atoms with E-state index in [9.17, 15) is 4.79 Å². The van der Waals surface area contributed by atoms with E-state index >= 15 is 0 Å². The number of aromatic nitrogens is 2. The van der Waals surface area contributed by atoms with Crippen LogP contribution >= 0.6 is 11.6 Å². The Morgan fingerprint density at radius 3 is 2.83 bits per heavy atom. The van der Waals surface area contributed by atoms with E-state index in [0.717, 1.165) is 0 Å². The van der Waals surface area contributed by atoms with Crippen LogP contribution < -0.4 is 15.2 Å². The van der Waals surface area contributed by atoms with Crippen LogP contribution in [0, 0.1) is 0 Å². The number of nitrogens with two attached hydrogens (primary N) is 1. The summed E-state index contributed by atoms with van der Waals surface area (Å²) in [5, 5.41) is 6.94. The lowest BCUT2D eigenvalue weighted by molar-refractivity contribution is 0.111. The summed E-state index contributed by atoms with van der Waals surface area (Å²) in [5.41, 5.74) is 7.09. The molecule has 7 heteroatoms. The topological polar surface area (TPSA) is 90.2 Å². The van der Waals surface area contributed by atoms with Crippen LogP contribution in [-0.2, 0) is 0 Å². The molecule has 3 rings (SSSR count). The van der Waals surface area contributed by atoms with E-state index in [4.69, 9.17) is 26.8 Å². The van der Waals surface area contributed by atoms with E-state index in [1.165, 1.54) is 6.07 Å². The van der Waals surface area contributed by atoms with Crippen LogP contribution in [0.3, 0.4) is 0 Å². The Bertz CT molecular complexity index is 639. The predicted molar refractivity (Wildman–Crippen MR) is 65.0 cm³/mol. The molecular formula is C11H8ClN3O3. The maximum Gasteiger partial charge on any atom is 0.231 e. The van der Waals surface area contributed by atoms with Crippen LogP contribution in [0.5, 0.6) is 11.5 Å². The Labute approximate surface area is 107 Å². The fraction of sp³-hybridized carbons (Fsp3) is 0.0909. The monoisotopic (exact) mass is 265 g/mol. The minimum absolute atomic E-state index is 0.0487. The highest BCUT2D eigenvalue weighted by molar-refractivity contribution is 6.34. The van der Waals surface area contributed by atoms with Gasteiger partial charge in [0, 0.05) is 6.07 Å². The summed E-state index contributed by atoms with van der Waals surface area (Å²) in [6.07, 6.45) is 0.671. The Morgan fingerprint density at radius 1 is 1.39 bits per heavy atom. The van der Waals surface area contributed by atoms with Crippen LogP contribution in [0.15, 0.2) is 12.1 Å². The molecule has 1 aliphatic heterocycles. The second-order valence-electron chi connectivity index (χ2n) is 3.71. The lowest BCUT2D eigenvalue weighted by Gasteiger charge is -2.07. The van der Waals surface area contributed by atoms with Gasteiger partial charge in [0.25, 0.3) is 0 Å². The van der Waals surface area contributed by atoms with Gasteiger partial charge in [-0.15, -0.1) is 0 Å². The van der Waals surface area contributed by atoms with Crippen molar-refractivity contribution in [2.45, 2.75) is 0 Å². The second kappa shape index (κ2) is 3.92. The largest absolute Gasteiger partial charge is 0.453 e. The number of aromatic amines is 1. The fourth-order valence-electron chi connectivity index (χ4n) is 1.87. The molecule has 1 aliphatic rings. The Morgan fingerprint density at radius 2 is 2.17 bits per heavy atom. The van der Waals surface area contributed by atoms with E-state index in [0.29, 0.717) is 45.4 Å². The predicted octanol–water partition coefficient (Wildman–Crippen LogP) is 1.85. The van der Waals surface area contributed by atoms with Crippen LogP contribution in [0.4, 0.5) is 5.82 Å². The molecule has 6 nitrogen and oxygen atoms in total. The summed E-state index contributed by atoms with van der Waals surface area (Å²) in [4.78, 5) is 10.9. The molecule has 1 aromatic heterocycles. The molecule has 0 bridgehead atoms. The number of nitrogens with one attached hydrogen (secondary N) is 1. The molecule has 0 saturated carbocycles. The van der Waals surface area contributed by atoms with E-state index in [1.54, 1.807) is 6.07 Å². The number of fused-ring (bicyclic) bond motifs is 1. The number of nitrogen functional groups attached to an aromatic ring is 1. The summed E-state index contributed by atoms with van der Waals surface area (Å²) in [6, 6.07) is 3.15. The Hall–Kier alpha value is -2.21. The first-order chi connectivity index (χ1) is 8.70. The average Bonchev–Trinajstić information content (AvgIpc) is 2.97. The number of carbonyl (C=O) groups excluding carboxylic acids is 1. The summed E-state index contributed by atoms with van der Waals surface area (Å²) >= 11 is 6.15. The molecular weight excluding hydrogens is 258 g/mol. The number of ether oxygens (including phenoxy) is 2. The fourth-order valence-corrected chi connectivity index (χ4v) is 2.17. The summed E-state index contributed by atoms with van der Waals surface area (Å²) < 4.78 is 10.6. The van der Waals surface area contributed by atoms with Gasteiger partial charge in [0.05, 0.1) is 21.8 Å². The molecule has 0 spiro atoms. The first-order valence-electron chi connectivity index (χ1n) is 5.09. The number of carbonyl (C=O) groups is 1. The third-order valence-corrected chi connectivity index (χ3v) is 2.92. The minimum Gasteiger partial charge on any atom is -0.453 e. The highest BCUT2D eigenvalue weighted by Gasteiger charge is 2.26. The molecule has 0 atom stereocenters. The van der Waals surface area contributed by atoms with Crippen molar-refractivity contribution in [2.24, 2.45) is 0 Å². The lowest BCUT2D eigenvalue weighted by Crippen LogP contribution is -1.94. The molecule has 3 N–H and O–H groups in total. The molecule has 1 aromatic carbocycles. The zero-order valence-corrected chi connectivity index (χ0v) is 9.82. The number of rotatable bonds is 2. The summed E-state index contributed by atoms with van der Waals surface area (Å²) in [6.45, 7) is 0.0487. The van der Waals surface area contributed by atoms with Crippen LogP contribution in [0.1, 0.15) is 10.4 Å². The zero-order chi connectivity index (χ0) is 12.7. The van der Waals surface area contributed by atoms with Crippen molar-refractivity contribution >= 4 is 23.7 Å². The first kappa shape index (κ1) is 10.9. The van der Waals surface area contributed by atoms with Gasteiger partial charge in [0.15, 0.2) is 17.8 Å². The molecule has 0 unspecified atom stereocenters. The van der Waals surface area contributed by atoms with Crippen molar-refractivity contribution in [3.8, 4) is 22.8 Å². The molecule has 2 aromatic rings. The van der Waals surface area contributed by atoms with Gasteiger partial charge in [-0.1, -0.05) is 11.6 Å². The normalized spacial score (nSPS) is 12.7. The van der Waals surface area contributed by atoms with Gasteiger partial charge in [-0.25, -0.2) is 0 Å². The van der Waals surface area contributed by atoms with E-state index in [1.807, 2.05) is 0 Å². The molecule has 0 radical (unpaired) electrons. The highest BCUT2D eigenvalue weighted by atomic mass is 35.5. The van der Waals surface area contributed by atoms with E-state index in [2.05, 4.69) is 10.2 Å². The lowest BCUT2D eigenvalue weighted by atomic mass is 10.1. The average molecular weight is 266 g/mol. The minimum atomic E-state index is 0.0487. The van der Waals surface area contributed by atoms with E-state index < -0.39 is 0 Å². The van der Waals surface area contributed by atoms with Crippen molar-refractivity contribution in [2.75, 3.05) is 12.5 Å². The van der Waals surface area contributed by atoms with Crippen LogP contribution in [0.2, 0.25) is 5.02 Å². The first-order valence-corrected chi connectivity index (χ1v) is 5.47. The number of benzene rings is 1. The van der Waals surface area contributed by atoms with Gasteiger partial charge in [-0.05, 0) is 6.07 Å². The van der Waals surface area contributed by atoms with Crippen LogP contribution in [0.25, 0.3) is 11.3 Å². The van der Waals surface area contributed by atoms with Crippen LogP contribution in [-0.4, -0.2) is 23.3 Å². The molecule has 92 valence electrons. The van der Waals surface area contributed by atoms with Crippen molar-refractivity contribution in [3.63, 3.8) is 0 Å². The molecule has 18 heavy (non-hydrogen) atoms. The third-order valence-electron chi connectivity index (χ3n) is 2.62. The van der Waals surface area contributed by atoms with Crippen molar-refractivity contribution in [3.05, 3.63) is 22.7 Å². The molecule has 0 aliphatic carbocycles. The number of H-pyrrole nitrogens is 1. The molecule has 0 saturated heterocycles. The maximum atomic E-state index is 10.9. The highest BCUT2D eigenvalue weighted by Crippen LogP contribution is 2.47. The summed E-state index contributed by atoms with van der Waals surface area (Å²) in [7, 11) is 0. The molecule has 2 heterocycles. The van der Waals surface area contributed by atoms with Crippen molar-refractivity contribution in [1.29, 1.82) is 0 Å². The third kappa shape index (κ3) is 1.50. The Balaban J connectivity index is 2.27. The van der Waals surface area contributed by atoms with Crippen molar-refractivity contribution < 1.29 is 14.3 Å². The number of nitrogens with zero attached hydrogens (tertiary/aromatic N) is 1. The number of aldehydes is 1. The smallest absolute Gasteiger partial charge is 0.231 e. The Kier molecular flexibility index (Phi) is 2.38. The van der Waals surface area contributed by atoms with Gasteiger partial charge in [0.1, 0.15) is 5.82 Å². The quantitative estimate of drug-likeness (QED) is 0.809. The SMILES string of the molecule is Nc1cc(-c2c(Cl)cc(C=O)c3c2OCO3)[nH]n1. The van der Waals surface area contributed by atoms with Gasteiger partial charge < -0.3 is 15.2 Å². The molecule has 0 fully saturated rings. The number of anilines is 1. The second-order valence-corrected chi connectivity index (χ2v) is 4.12. The number of hydrogen-bond donors (Lipinski definition) is 2. The van der Waals surface area contributed by atoms with Gasteiger partial charge in [-0.3, -0.25) is 9.89 Å². The van der Waals surface area contributed by atoms with Gasteiger partial charge in [0.2, 0.25) is 6.79 Å². The maximum absolute atomic E-state index is 10.9. The summed E-state index contributed by atoms with van der Waals surface area (Å²) in [5.74, 6) is 1.15. The van der Waals surface area contributed by atoms with E-state index in [-0.39, 0.29) is 6.79 Å². The molecule has 0 amide bonds. The number of hydrogen-bond acceptors (Lipinski definition) is 5. The van der Waals surface area contributed by atoms with Gasteiger partial charge in [-0.2, -0.15) is 5.10 Å². The number of halogens is 1. The zero-order valence-electron chi connectivity index (χ0n) is 9.07. The standard InChI is InChI=1S/C11H8ClN3O3/c12-6-1-5(3-16)10-11(18-4-17-10)9(6)7-2-8(13)15-14-7/h1-3H,4H2,(H3,13,14,15). The van der Waals surface area contributed by atoms with Crippen molar-refractivity contribution in [1.82, 2.24) is 10.2 Å².